The van der Waals surface area contributed by atoms with Crippen molar-refractivity contribution in [2.75, 3.05) is 7.11 Å². The van der Waals surface area contributed by atoms with Gasteiger partial charge in [-0.2, -0.15) is 0 Å². The number of esters is 2. The number of fused-ring (bicyclic) bond motifs is 1. The number of hydrogen-bond donors (Lipinski definition) is 0. The van der Waals surface area contributed by atoms with E-state index in [0.717, 1.165) is 5.56 Å². The zero-order chi connectivity index (χ0) is 21.1. The Bertz CT molecular complexity index is 1230. The number of hydrogen-bond acceptors (Lipinski definition) is 5. The molecule has 4 aromatic rings. The van der Waals surface area contributed by atoms with Crippen LogP contribution in [0.25, 0.3) is 22.2 Å². The Morgan fingerprint density at radius 1 is 0.867 bits per heavy atom. The first kappa shape index (κ1) is 19.6. The van der Waals surface area contributed by atoms with E-state index in [1.54, 1.807) is 30.3 Å². The van der Waals surface area contributed by atoms with E-state index < -0.39 is 11.9 Å². The molecule has 0 saturated carbocycles. The van der Waals surface area contributed by atoms with Crippen LogP contribution >= 0.6 is 11.6 Å². The Morgan fingerprint density at radius 3 is 2.27 bits per heavy atom. The van der Waals surface area contributed by atoms with E-state index in [0.29, 0.717) is 38.5 Å². The van der Waals surface area contributed by atoms with E-state index >= 15 is 0 Å². The molecule has 148 valence electrons. The third kappa shape index (κ3) is 4.02. The molecule has 0 aliphatic heterocycles. The normalized spacial score (nSPS) is 10.6. The minimum absolute atomic E-state index is 0.321. The van der Waals surface area contributed by atoms with Crippen LogP contribution in [0.5, 0.6) is 5.75 Å². The fourth-order valence-corrected chi connectivity index (χ4v) is 3.18. The van der Waals surface area contributed by atoms with E-state index in [9.17, 15) is 9.59 Å². The Morgan fingerprint density at radius 2 is 1.57 bits per heavy atom. The highest BCUT2D eigenvalue weighted by atomic mass is 35.5. The average molecular weight is 418 g/mol. The summed E-state index contributed by atoms with van der Waals surface area (Å²) < 4.78 is 10.2. The first-order chi connectivity index (χ1) is 14.5. The first-order valence-corrected chi connectivity index (χ1v) is 9.49. The lowest BCUT2D eigenvalue weighted by molar-refractivity contribution is 0.0600. The van der Waals surface area contributed by atoms with Gasteiger partial charge in [-0.1, -0.05) is 41.9 Å². The number of methoxy groups -OCH3 is 1. The number of benzene rings is 3. The summed E-state index contributed by atoms with van der Waals surface area (Å²) in [6, 6.07) is 22.5. The van der Waals surface area contributed by atoms with Gasteiger partial charge in [0.25, 0.3) is 0 Å². The number of aromatic nitrogens is 1. The summed E-state index contributed by atoms with van der Waals surface area (Å²) in [5, 5.41) is 1.31. The van der Waals surface area contributed by atoms with Gasteiger partial charge in [-0.25, -0.2) is 14.6 Å². The van der Waals surface area contributed by atoms with Crippen molar-refractivity contribution in [3.8, 4) is 17.0 Å². The SMILES string of the molecule is COC(=O)c1ccc(OC(=O)c2cc(-c3ccc(Cl)cc3)nc3ccccc23)cc1. The lowest BCUT2D eigenvalue weighted by atomic mass is 10.0. The topological polar surface area (TPSA) is 65.5 Å². The smallest absolute Gasteiger partial charge is 0.344 e. The third-order valence-corrected chi connectivity index (χ3v) is 4.81. The molecule has 0 bridgehead atoms. The summed E-state index contributed by atoms with van der Waals surface area (Å²) >= 11 is 5.98. The monoisotopic (exact) mass is 417 g/mol. The summed E-state index contributed by atoms with van der Waals surface area (Å²) in [5.41, 5.74) is 2.91. The van der Waals surface area contributed by atoms with Crippen molar-refractivity contribution >= 4 is 34.4 Å². The lowest BCUT2D eigenvalue weighted by Gasteiger charge is -2.10. The highest BCUT2D eigenvalue weighted by Gasteiger charge is 2.16. The zero-order valence-corrected chi connectivity index (χ0v) is 16.7. The highest BCUT2D eigenvalue weighted by molar-refractivity contribution is 6.30. The molecule has 0 aliphatic rings. The van der Waals surface area contributed by atoms with Gasteiger partial charge in [0, 0.05) is 16.0 Å². The van der Waals surface area contributed by atoms with Gasteiger partial charge in [0.2, 0.25) is 0 Å². The number of carbonyl (C=O) groups excluding carboxylic acids is 2. The van der Waals surface area contributed by atoms with Gasteiger partial charge in [-0.05, 0) is 48.5 Å². The quantitative estimate of drug-likeness (QED) is 0.321. The van der Waals surface area contributed by atoms with Crippen LogP contribution < -0.4 is 4.74 Å². The van der Waals surface area contributed by atoms with Crippen LogP contribution in [0, 0.1) is 0 Å². The van der Waals surface area contributed by atoms with Crippen LogP contribution in [0.3, 0.4) is 0 Å². The van der Waals surface area contributed by atoms with Gasteiger partial charge >= 0.3 is 11.9 Å². The maximum atomic E-state index is 13.0. The number of carbonyl (C=O) groups is 2. The standard InChI is InChI=1S/C24H16ClNO4/c1-29-23(27)16-8-12-18(13-9-16)30-24(28)20-14-22(15-6-10-17(25)11-7-15)26-21-5-3-2-4-19(20)21/h2-14H,1H3. The second kappa shape index (κ2) is 8.35. The number of ether oxygens (including phenoxy) is 2. The maximum absolute atomic E-state index is 13.0. The molecule has 0 saturated heterocycles. The molecule has 3 aromatic carbocycles. The Kier molecular flexibility index (Phi) is 5.46. The molecule has 0 amide bonds. The largest absolute Gasteiger partial charge is 0.465 e. The van der Waals surface area contributed by atoms with Crippen molar-refractivity contribution in [1.82, 2.24) is 4.98 Å². The average Bonchev–Trinajstić information content (AvgIpc) is 2.78. The van der Waals surface area contributed by atoms with Gasteiger partial charge < -0.3 is 9.47 Å². The predicted octanol–water partition coefficient (Wildman–Crippen LogP) is 5.56. The van der Waals surface area contributed by atoms with Crippen LogP contribution in [0.2, 0.25) is 5.02 Å². The van der Waals surface area contributed by atoms with E-state index in [-0.39, 0.29) is 0 Å². The molecule has 1 heterocycles. The van der Waals surface area contributed by atoms with Crippen molar-refractivity contribution in [2.24, 2.45) is 0 Å². The van der Waals surface area contributed by atoms with Crippen molar-refractivity contribution in [2.45, 2.75) is 0 Å². The molecule has 4 rings (SSSR count). The molecule has 5 nitrogen and oxygen atoms in total. The van der Waals surface area contributed by atoms with Crippen LogP contribution in [-0.2, 0) is 4.74 Å². The van der Waals surface area contributed by atoms with Crippen LogP contribution in [0.4, 0.5) is 0 Å². The number of pyridine rings is 1. The molecule has 0 atom stereocenters. The minimum atomic E-state index is -0.519. The second-order valence-corrected chi connectivity index (χ2v) is 6.92. The van der Waals surface area contributed by atoms with E-state index in [4.69, 9.17) is 16.3 Å². The Labute approximate surface area is 177 Å². The lowest BCUT2D eigenvalue weighted by Crippen LogP contribution is -2.10. The predicted molar refractivity (Wildman–Crippen MR) is 115 cm³/mol. The molecule has 1 aromatic heterocycles. The summed E-state index contributed by atoms with van der Waals surface area (Å²) in [6.45, 7) is 0. The number of para-hydroxylation sites is 1. The van der Waals surface area contributed by atoms with E-state index in [1.807, 2.05) is 36.4 Å². The molecular formula is C24H16ClNO4. The van der Waals surface area contributed by atoms with E-state index in [2.05, 4.69) is 9.72 Å². The van der Waals surface area contributed by atoms with Crippen LogP contribution in [0.1, 0.15) is 20.7 Å². The highest BCUT2D eigenvalue weighted by Crippen LogP contribution is 2.27. The number of rotatable bonds is 4. The van der Waals surface area contributed by atoms with Gasteiger partial charge in [-0.3, -0.25) is 0 Å². The molecule has 0 unspecified atom stereocenters. The van der Waals surface area contributed by atoms with Gasteiger partial charge in [-0.15, -0.1) is 0 Å². The van der Waals surface area contributed by atoms with Crippen molar-refractivity contribution in [3.63, 3.8) is 0 Å². The van der Waals surface area contributed by atoms with Crippen molar-refractivity contribution < 1.29 is 19.1 Å². The number of nitrogens with zero attached hydrogens (tertiary/aromatic N) is 1. The zero-order valence-electron chi connectivity index (χ0n) is 16.0. The van der Waals surface area contributed by atoms with Gasteiger partial charge in [0.15, 0.2) is 0 Å². The number of halogens is 1. The fourth-order valence-electron chi connectivity index (χ4n) is 3.05. The minimum Gasteiger partial charge on any atom is -0.465 e. The van der Waals surface area contributed by atoms with Crippen LogP contribution in [0.15, 0.2) is 78.9 Å². The van der Waals surface area contributed by atoms with Gasteiger partial charge in [0.05, 0.1) is 29.4 Å². The Hall–Kier alpha value is -3.70. The maximum Gasteiger partial charge on any atom is 0.344 e. The first-order valence-electron chi connectivity index (χ1n) is 9.11. The molecule has 6 heteroatoms. The summed E-state index contributed by atoms with van der Waals surface area (Å²) in [7, 11) is 1.31. The molecule has 0 aliphatic carbocycles. The van der Waals surface area contributed by atoms with Crippen molar-refractivity contribution in [3.05, 3.63) is 95.0 Å². The summed E-state index contributed by atoms with van der Waals surface area (Å²) in [4.78, 5) is 29.2. The van der Waals surface area contributed by atoms with E-state index in [1.165, 1.54) is 19.2 Å². The summed E-state index contributed by atoms with van der Waals surface area (Å²) in [6.07, 6.45) is 0. The fraction of sp³-hybridized carbons (Fsp3) is 0.0417. The molecule has 0 spiro atoms. The molecule has 0 radical (unpaired) electrons. The van der Waals surface area contributed by atoms with Crippen molar-refractivity contribution in [1.29, 1.82) is 0 Å². The Balaban J connectivity index is 1.71. The third-order valence-electron chi connectivity index (χ3n) is 4.56. The molecular weight excluding hydrogens is 402 g/mol. The second-order valence-electron chi connectivity index (χ2n) is 6.48. The molecule has 30 heavy (non-hydrogen) atoms. The molecule has 0 N–H and O–H groups in total. The summed E-state index contributed by atoms with van der Waals surface area (Å²) in [5.74, 6) is -0.656. The molecule has 0 fully saturated rings. The van der Waals surface area contributed by atoms with Gasteiger partial charge in [0.1, 0.15) is 5.75 Å². The van der Waals surface area contributed by atoms with Crippen LogP contribution in [-0.4, -0.2) is 24.0 Å².